The third-order valence-corrected chi connectivity index (χ3v) is 1.55. The summed E-state index contributed by atoms with van der Waals surface area (Å²) in [6.07, 6.45) is 3.75. The second-order valence-electron chi connectivity index (χ2n) is 1.77. The summed E-state index contributed by atoms with van der Waals surface area (Å²) in [5, 5.41) is 4.78. The summed E-state index contributed by atoms with van der Waals surface area (Å²) in [6.45, 7) is 2.00. The van der Waals surface area contributed by atoms with E-state index < -0.39 is 0 Å². The van der Waals surface area contributed by atoms with E-state index in [1.807, 2.05) is 13.2 Å². The minimum absolute atomic E-state index is 0.230. The molecule has 0 aliphatic carbocycles. The van der Waals surface area contributed by atoms with Crippen LogP contribution in [-0.4, -0.2) is 23.7 Å². The van der Waals surface area contributed by atoms with Gasteiger partial charge in [0.1, 0.15) is 0 Å². The van der Waals surface area contributed by atoms with Gasteiger partial charge in [0.25, 0.3) is 0 Å². The summed E-state index contributed by atoms with van der Waals surface area (Å²) in [6, 6.07) is 0.230. The predicted molar refractivity (Wildman–Crippen MR) is 42.0 cm³/mol. The van der Waals surface area contributed by atoms with Crippen molar-refractivity contribution in [2.75, 3.05) is 6.26 Å². The molecule has 0 aromatic heterocycles. The highest BCUT2D eigenvalue weighted by molar-refractivity contribution is 8.13. The Kier molecular flexibility index (Phi) is 2.10. The minimum Gasteiger partial charge on any atom is -0.256 e. The van der Waals surface area contributed by atoms with E-state index in [9.17, 15) is 0 Å². The van der Waals surface area contributed by atoms with Crippen LogP contribution in [0, 0.1) is 0 Å². The largest absolute Gasteiger partial charge is 0.256 e. The molecule has 0 aromatic carbocycles. The van der Waals surface area contributed by atoms with Crippen molar-refractivity contribution in [3.63, 3.8) is 0 Å². The lowest BCUT2D eigenvalue weighted by atomic mass is 10.4. The van der Waals surface area contributed by atoms with Gasteiger partial charge in [0.05, 0.1) is 6.04 Å². The van der Waals surface area contributed by atoms with Crippen molar-refractivity contribution in [3.05, 3.63) is 0 Å². The van der Waals surface area contributed by atoms with Crippen molar-refractivity contribution in [2.24, 2.45) is 10.1 Å². The fourth-order valence-electron chi connectivity index (χ4n) is 0.546. The number of nitrogens with zero attached hydrogens (tertiary/aromatic N) is 2. The van der Waals surface area contributed by atoms with Crippen molar-refractivity contribution in [2.45, 2.75) is 13.0 Å². The summed E-state index contributed by atoms with van der Waals surface area (Å²) < 4.78 is 0. The molecule has 0 fully saturated rings. The van der Waals surface area contributed by atoms with Crippen LogP contribution in [0.15, 0.2) is 10.1 Å². The van der Waals surface area contributed by atoms with Gasteiger partial charge in [0, 0.05) is 6.21 Å². The molecule has 50 valence electrons. The van der Waals surface area contributed by atoms with Crippen LogP contribution >= 0.6 is 11.8 Å². The molecule has 1 unspecified atom stereocenters. The normalized spacial score (nSPS) is 25.1. The third-order valence-electron chi connectivity index (χ3n) is 0.965. The molecule has 9 heavy (non-hydrogen) atoms. The molecule has 1 aliphatic heterocycles. The van der Waals surface area contributed by atoms with Gasteiger partial charge in [0.15, 0.2) is 5.17 Å². The molecule has 1 rings (SSSR count). The highest BCUT2D eigenvalue weighted by Crippen LogP contribution is 2.00. The first-order valence-corrected chi connectivity index (χ1v) is 3.96. The maximum atomic E-state index is 4.22. The number of amidine groups is 1. The minimum atomic E-state index is 0.230. The summed E-state index contributed by atoms with van der Waals surface area (Å²) in [7, 11) is 0. The average Bonchev–Trinajstić information content (AvgIpc) is 1.88. The maximum Gasteiger partial charge on any atom is 0.177 e. The van der Waals surface area contributed by atoms with E-state index in [4.69, 9.17) is 0 Å². The summed E-state index contributed by atoms with van der Waals surface area (Å²) in [4.78, 5) is 4.22. The number of hydrazone groups is 1. The summed E-state index contributed by atoms with van der Waals surface area (Å²) in [5.74, 6) is 0. The Hall–Kier alpha value is -0.510. The first-order chi connectivity index (χ1) is 4.33. The van der Waals surface area contributed by atoms with Crippen LogP contribution in [0.2, 0.25) is 0 Å². The number of hydrogen-bond donors (Lipinski definition) is 1. The van der Waals surface area contributed by atoms with E-state index in [1.165, 1.54) is 0 Å². The molecule has 4 heteroatoms. The molecule has 3 nitrogen and oxygen atoms in total. The molecule has 0 aromatic rings. The quantitative estimate of drug-likeness (QED) is 0.541. The highest BCUT2D eigenvalue weighted by Gasteiger charge is 2.02. The zero-order valence-electron chi connectivity index (χ0n) is 5.46. The van der Waals surface area contributed by atoms with Gasteiger partial charge in [-0.2, -0.15) is 5.10 Å². The van der Waals surface area contributed by atoms with Gasteiger partial charge in [-0.3, -0.25) is 10.4 Å². The molecule has 0 saturated heterocycles. The number of aliphatic imine (C=N–C) groups is 1. The molecule has 1 heterocycles. The van der Waals surface area contributed by atoms with Crippen LogP contribution in [0.4, 0.5) is 0 Å². The Labute approximate surface area is 58.6 Å². The van der Waals surface area contributed by atoms with Gasteiger partial charge in [-0.15, -0.1) is 0 Å². The number of thioether (sulfide) groups is 1. The van der Waals surface area contributed by atoms with E-state index >= 15 is 0 Å². The molecule has 1 N–H and O–H groups in total. The highest BCUT2D eigenvalue weighted by atomic mass is 32.2. The van der Waals surface area contributed by atoms with Crippen LogP contribution in [-0.2, 0) is 0 Å². The fraction of sp³-hybridized carbons (Fsp3) is 0.600. The SMILES string of the molecule is CSC1=NC(C)C=NN1. The number of nitrogens with one attached hydrogen (secondary N) is 1. The molecule has 1 aliphatic rings. The average molecular weight is 143 g/mol. The second-order valence-corrected chi connectivity index (χ2v) is 2.56. The van der Waals surface area contributed by atoms with E-state index in [2.05, 4.69) is 15.5 Å². The Balaban J connectivity index is 2.55. The number of rotatable bonds is 0. The smallest absolute Gasteiger partial charge is 0.177 e. The van der Waals surface area contributed by atoms with Gasteiger partial charge >= 0.3 is 0 Å². The van der Waals surface area contributed by atoms with Crippen LogP contribution in [0.1, 0.15) is 6.92 Å². The van der Waals surface area contributed by atoms with Crippen molar-refractivity contribution >= 4 is 23.1 Å². The van der Waals surface area contributed by atoms with Crippen LogP contribution < -0.4 is 5.43 Å². The zero-order valence-corrected chi connectivity index (χ0v) is 6.27. The molecule has 0 bridgehead atoms. The second kappa shape index (κ2) is 2.87. The molecule has 0 spiro atoms. The van der Waals surface area contributed by atoms with Gasteiger partial charge in [0.2, 0.25) is 0 Å². The predicted octanol–water partition coefficient (Wildman–Crippen LogP) is 0.683. The van der Waals surface area contributed by atoms with Gasteiger partial charge in [-0.25, -0.2) is 0 Å². The van der Waals surface area contributed by atoms with Gasteiger partial charge < -0.3 is 0 Å². The summed E-state index contributed by atoms with van der Waals surface area (Å²) in [5.41, 5.74) is 2.78. The van der Waals surface area contributed by atoms with E-state index in [0.717, 1.165) is 5.17 Å². The van der Waals surface area contributed by atoms with Crippen molar-refractivity contribution < 1.29 is 0 Å². The standard InChI is InChI=1S/C5H9N3S/c1-4-3-6-8-5(7-4)9-2/h3-4H,1-2H3,(H,7,8). The lowest BCUT2D eigenvalue weighted by Crippen LogP contribution is -2.22. The molecule has 0 amide bonds. The van der Waals surface area contributed by atoms with Gasteiger partial charge in [-0.05, 0) is 13.2 Å². The van der Waals surface area contributed by atoms with Crippen molar-refractivity contribution in [1.82, 2.24) is 5.43 Å². The van der Waals surface area contributed by atoms with Crippen LogP contribution in [0.5, 0.6) is 0 Å². The third kappa shape index (κ3) is 1.71. The Morgan fingerprint density at radius 2 is 2.56 bits per heavy atom. The number of hydrogen-bond acceptors (Lipinski definition) is 4. The fourth-order valence-corrected chi connectivity index (χ4v) is 0.962. The van der Waals surface area contributed by atoms with Crippen molar-refractivity contribution in [3.8, 4) is 0 Å². The Morgan fingerprint density at radius 1 is 1.78 bits per heavy atom. The van der Waals surface area contributed by atoms with E-state index in [0.29, 0.717) is 0 Å². The molecular weight excluding hydrogens is 134 g/mol. The monoisotopic (exact) mass is 143 g/mol. The molecular formula is C5H9N3S. The lowest BCUT2D eigenvalue weighted by molar-refractivity contribution is 0.903. The first kappa shape index (κ1) is 6.61. The maximum absolute atomic E-state index is 4.22. The van der Waals surface area contributed by atoms with Gasteiger partial charge in [-0.1, -0.05) is 11.8 Å². The zero-order chi connectivity index (χ0) is 6.69. The molecule has 0 saturated carbocycles. The van der Waals surface area contributed by atoms with Crippen LogP contribution in [0.3, 0.4) is 0 Å². The summed E-state index contributed by atoms with van der Waals surface area (Å²) >= 11 is 1.57. The topological polar surface area (TPSA) is 36.8 Å². The lowest BCUT2D eigenvalue weighted by Gasteiger charge is -2.09. The Bertz CT molecular complexity index is 152. The van der Waals surface area contributed by atoms with E-state index in [-0.39, 0.29) is 6.04 Å². The van der Waals surface area contributed by atoms with Crippen molar-refractivity contribution in [1.29, 1.82) is 0 Å². The van der Waals surface area contributed by atoms with E-state index in [1.54, 1.807) is 18.0 Å². The molecule has 1 atom stereocenters. The first-order valence-electron chi connectivity index (χ1n) is 2.74. The van der Waals surface area contributed by atoms with Crippen LogP contribution in [0.25, 0.3) is 0 Å². The Morgan fingerprint density at radius 3 is 3.00 bits per heavy atom. The molecule has 0 radical (unpaired) electrons.